The number of aromatic amines is 1. The number of hydrogen-bond acceptors (Lipinski definition) is 4. The van der Waals surface area contributed by atoms with Crippen molar-refractivity contribution in [2.75, 3.05) is 19.6 Å². The number of benzene rings is 1. The molecule has 0 fully saturated rings. The lowest BCUT2D eigenvalue weighted by Gasteiger charge is -2.28. The number of hydrogen-bond donors (Lipinski definition) is 2. The Hall–Kier alpha value is -3.51. The number of imide groups is 1. The lowest BCUT2D eigenvalue weighted by atomic mass is 9.86. The van der Waals surface area contributed by atoms with Crippen molar-refractivity contribution in [1.82, 2.24) is 15.2 Å². The van der Waals surface area contributed by atoms with Gasteiger partial charge in [-0.2, -0.15) is 0 Å². The molecule has 2 amide bonds. The van der Waals surface area contributed by atoms with Gasteiger partial charge in [-0.15, -0.1) is 0 Å². The molecule has 1 aromatic carbocycles. The fourth-order valence-electron chi connectivity index (χ4n) is 4.79. The second kappa shape index (κ2) is 5.99. The normalized spacial score (nSPS) is 23.7. The first-order valence-corrected chi connectivity index (χ1v) is 9.76. The molecule has 4 aliphatic rings. The molecule has 0 bridgehead atoms. The van der Waals surface area contributed by atoms with E-state index >= 15 is 0 Å². The van der Waals surface area contributed by atoms with Crippen molar-refractivity contribution in [2.24, 2.45) is 4.99 Å². The van der Waals surface area contributed by atoms with Gasteiger partial charge in [-0.05, 0) is 17.2 Å². The number of aliphatic imine (C=N–C) groups is 1. The van der Waals surface area contributed by atoms with E-state index in [9.17, 15) is 9.59 Å². The standard InChI is InChI=1S/C23H18N4O2/c28-22-18(16-12-25-17-7-2-1-5-14(16)17)19(23(29)26-22)20-15-6-3-4-13-8-10-27(21(13)15)11-9-24-20/h1-8,12,21,25H,9-11H2,(H,26,28,29). The Morgan fingerprint density at radius 1 is 1.10 bits per heavy atom. The first-order chi connectivity index (χ1) is 14.2. The highest BCUT2D eigenvalue weighted by Crippen LogP contribution is 2.37. The number of nitrogens with one attached hydrogen (secondary N) is 2. The minimum absolute atomic E-state index is 0.0986. The summed E-state index contributed by atoms with van der Waals surface area (Å²) in [5.41, 5.74) is 5.31. The number of fused-ring (bicyclic) bond motifs is 1. The molecule has 6 nitrogen and oxygen atoms in total. The van der Waals surface area contributed by atoms with Gasteiger partial charge in [0.15, 0.2) is 0 Å². The molecule has 0 radical (unpaired) electrons. The van der Waals surface area contributed by atoms with Crippen molar-refractivity contribution in [3.63, 3.8) is 0 Å². The van der Waals surface area contributed by atoms with Crippen LogP contribution in [-0.4, -0.2) is 53.1 Å². The molecule has 4 heterocycles. The van der Waals surface area contributed by atoms with E-state index in [0.29, 0.717) is 23.4 Å². The zero-order chi connectivity index (χ0) is 19.5. The summed E-state index contributed by atoms with van der Waals surface area (Å²) < 4.78 is 0. The van der Waals surface area contributed by atoms with Crippen molar-refractivity contribution in [2.45, 2.75) is 6.04 Å². The Morgan fingerprint density at radius 3 is 2.90 bits per heavy atom. The average Bonchev–Trinajstić information content (AvgIpc) is 3.37. The monoisotopic (exact) mass is 382 g/mol. The van der Waals surface area contributed by atoms with Crippen LogP contribution in [0.4, 0.5) is 0 Å². The molecular weight excluding hydrogens is 364 g/mol. The maximum absolute atomic E-state index is 12.9. The highest BCUT2D eigenvalue weighted by Gasteiger charge is 2.41. The molecule has 1 unspecified atom stereocenters. The van der Waals surface area contributed by atoms with Crippen molar-refractivity contribution in [1.29, 1.82) is 0 Å². The van der Waals surface area contributed by atoms with Crippen LogP contribution in [0.25, 0.3) is 16.5 Å². The van der Waals surface area contributed by atoms with Crippen LogP contribution in [0.3, 0.4) is 0 Å². The van der Waals surface area contributed by atoms with Gasteiger partial charge >= 0.3 is 0 Å². The number of nitrogens with zero attached hydrogens (tertiary/aromatic N) is 2. The van der Waals surface area contributed by atoms with E-state index in [0.717, 1.165) is 35.1 Å². The summed E-state index contributed by atoms with van der Waals surface area (Å²) in [6, 6.07) is 7.88. The second-order valence-electron chi connectivity index (χ2n) is 7.59. The van der Waals surface area contributed by atoms with Crippen molar-refractivity contribution < 1.29 is 9.59 Å². The highest BCUT2D eigenvalue weighted by atomic mass is 16.2. The summed E-state index contributed by atoms with van der Waals surface area (Å²) in [5.74, 6) is -0.742. The SMILES string of the molecule is O=C1NC(=O)C(c2c[nH]c3ccccc23)=C1C1=NCCN2CC=C3C=CC=C1C32. The predicted octanol–water partition coefficient (Wildman–Crippen LogP) is 2.14. The number of aromatic nitrogens is 1. The van der Waals surface area contributed by atoms with E-state index in [-0.39, 0.29) is 17.9 Å². The van der Waals surface area contributed by atoms with Gasteiger partial charge in [-0.25, -0.2) is 0 Å². The van der Waals surface area contributed by atoms with Crippen LogP contribution in [0.5, 0.6) is 0 Å². The quantitative estimate of drug-likeness (QED) is 0.782. The van der Waals surface area contributed by atoms with E-state index in [1.165, 1.54) is 5.57 Å². The third-order valence-corrected chi connectivity index (χ3v) is 6.06. The van der Waals surface area contributed by atoms with Crippen LogP contribution in [0, 0.1) is 0 Å². The van der Waals surface area contributed by atoms with E-state index in [2.05, 4.69) is 27.4 Å². The average molecular weight is 382 g/mol. The fourth-order valence-corrected chi connectivity index (χ4v) is 4.79. The number of carbonyl (C=O) groups excluding carboxylic acids is 2. The smallest absolute Gasteiger partial charge is 0.261 e. The Bertz CT molecular complexity index is 1250. The van der Waals surface area contributed by atoms with Gasteiger partial charge in [0.2, 0.25) is 0 Å². The van der Waals surface area contributed by atoms with Gasteiger partial charge < -0.3 is 4.98 Å². The number of amides is 2. The van der Waals surface area contributed by atoms with Crippen LogP contribution < -0.4 is 5.32 Å². The predicted molar refractivity (Wildman–Crippen MR) is 111 cm³/mol. The number of H-pyrrole nitrogens is 1. The van der Waals surface area contributed by atoms with Gasteiger partial charge in [0.05, 0.1) is 29.4 Å². The maximum atomic E-state index is 12.9. The zero-order valence-electron chi connectivity index (χ0n) is 15.6. The Balaban J connectivity index is 1.59. The minimum atomic E-state index is -0.374. The molecule has 2 N–H and O–H groups in total. The topological polar surface area (TPSA) is 77.6 Å². The largest absolute Gasteiger partial charge is 0.361 e. The molecule has 1 aromatic heterocycles. The first kappa shape index (κ1) is 16.4. The first-order valence-electron chi connectivity index (χ1n) is 9.76. The molecule has 1 atom stereocenters. The van der Waals surface area contributed by atoms with Crippen molar-refractivity contribution >= 4 is 34.0 Å². The van der Waals surface area contributed by atoms with E-state index < -0.39 is 0 Å². The van der Waals surface area contributed by atoms with Crippen LogP contribution >= 0.6 is 0 Å². The van der Waals surface area contributed by atoms with E-state index in [4.69, 9.17) is 4.99 Å². The third-order valence-electron chi connectivity index (χ3n) is 6.06. The van der Waals surface area contributed by atoms with Crippen LogP contribution in [-0.2, 0) is 9.59 Å². The molecule has 142 valence electrons. The second-order valence-corrected chi connectivity index (χ2v) is 7.59. The fraction of sp³-hybridized carbons (Fsp3) is 0.174. The van der Waals surface area contributed by atoms with Crippen molar-refractivity contribution in [3.05, 3.63) is 77.0 Å². The summed E-state index contributed by atoms with van der Waals surface area (Å²) in [7, 11) is 0. The summed E-state index contributed by atoms with van der Waals surface area (Å²) in [6.07, 6.45) is 10.2. The minimum Gasteiger partial charge on any atom is -0.361 e. The molecule has 6 heteroatoms. The number of allylic oxidation sites excluding steroid dienone is 2. The maximum Gasteiger partial charge on any atom is 0.261 e. The lowest BCUT2D eigenvalue weighted by molar-refractivity contribution is -0.123. The summed E-state index contributed by atoms with van der Waals surface area (Å²) in [6.45, 7) is 2.30. The molecule has 6 rings (SSSR count). The highest BCUT2D eigenvalue weighted by molar-refractivity contribution is 6.48. The summed E-state index contributed by atoms with van der Waals surface area (Å²) >= 11 is 0. The van der Waals surface area contributed by atoms with Gasteiger partial charge in [-0.1, -0.05) is 42.5 Å². The Kier molecular flexibility index (Phi) is 3.40. The molecular formula is C23H18N4O2. The van der Waals surface area contributed by atoms with Gasteiger partial charge in [0.1, 0.15) is 0 Å². The number of carbonyl (C=O) groups is 2. The molecule has 2 aromatic rings. The van der Waals surface area contributed by atoms with Crippen LogP contribution in [0.15, 0.2) is 76.5 Å². The van der Waals surface area contributed by atoms with Gasteiger partial charge in [0.25, 0.3) is 11.8 Å². The lowest BCUT2D eigenvalue weighted by Crippen LogP contribution is -2.36. The summed E-state index contributed by atoms with van der Waals surface area (Å²) in [5, 5.41) is 3.42. The summed E-state index contributed by atoms with van der Waals surface area (Å²) in [4.78, 5) is 36.2. The third kappa shape index (κ3) is 2.29. The van der Waals surface area contributed by atoms with Crippen LogP contribution in [0.2, 0.25) is 0 Å². The molecule has 29 heavy (non-hydrogen) atoms. The van der Waals surface area contributed by atoms with E-state index in [1.807, 2.05) is 36.4 Å². The zero-order valence-corrected chi connectivity index (χ0v) is 15.6. The Morgan fingerprint density at radius 2 is 1.97 bits per heavy atom. The molecule has 0 saturated carbocycles. The van der Waals surface area contributed by atoms with Crippen molar-refractivity contribution in [3.8, 4) is 0 Å². The molecule has 1 aliphatic carbocycles. The molecule has 0 saturated heterocycles. The number of para-hydroxylation sites is 1. The molecule has 3 aliphatic heterocycles. The number of rotatable bonds is 2. The van der Waals surface area contributed by atoms with E-state index in [1.54, 1.807) is 6.20 Å². The Labute approximate surface area is 167 Å². The van der Waals surface area contributed by atoms with Gasteiger partial charge in [-0.3, -0.25) is 24.8 Å². The van der Waals surface area contributed by atoms with Gasteiger partial charge in [0, 0.05) is 35.8 Å². The molecule has 0 spiro atoms. The van der Waals surface area contributed by atoms with Crippen LogP contribution in [0.1, 0.15) is 5.56 Å².